The minimum absolute atomic E-state index is 0. The van der Waals surface area contributed by atoms with Gasteiger partial charge < -0.3 is 8.99 Å². The Balaban J connectivity index is 0.00000256. The van der Waals surface area contributed by atoms with Crippen LogP contribution in [0.25, 0.3) is 11.3 Å². The van der Waals surface area contributed by atoms with Crippen molar-refractivity contribution in [2.45, 2.75) is 89.1 Å². The highest BCUT2D eigenvalue weighted by Gasteiger charge is 2.45. The molecule has 2 atom stereocenters. The second-order valence-electron chi connectivity index (χ2n) is 10.2. The summed E-state index contributed by atoms with van der Waals surface area (Å²) in [6, 6.07) is 2.36. The van der Waals surface area contributed by atoms with Gasteiger partial charge in [0.1, 0.15) is 0 Å². The van der Waals surface area contributed by atoms with Crippen molar-refractivity contribution in [3.8, 4) is 11.3 Å². The molecule has 2 aromatic rings. The lowest BCUT2D eigenvalue weighted by Gasteiger charge is -2.43. The SMILES string of the molecule is CC(C)(C)[Si](C)(C)O[C@@H](CC1c2sccc2-c2cncn21)C1CCC(F)(F)CC1.S. The average molecular weight is 473 g/mol. The summed E-state index contributed by atoms with van der Waals surface area (Å²) in [5, 5.41) is 2.23. The predicted octanol–water partition coefficient (Wildman–Crippen LogP) is 7.23. The molecule has 4 rings (SSSR count). The predicted molar refractivity (Wildman–Crippen MR) is 128 cm³/mol. The van der Waals surface area contributed by atoms with Gasteiger partial charge in [0.15, 0.2) is 8.32 Å². The Morgan fingerprint density at radius 3 is 2.60 bits per heavy atom. The van der Waals surface area contributed by atoms with Gasteiger partial charge in [-0.05, 0) is 54.8 Å². The van der Waals surface area contributed by atoms with Crippen LogP contribution < -0.4 is 0 Å². The van der Waals surface area contributed by atoms with Crippen LogP contribution in [0.1, 0.15) is 63.8 Å². The lowest BCUT2D eigenvalue weighted by atomic mass is 9.81. The minimum Gasteiger partial charge on any atom is -0.414 e. The van der Waals surface area contributed by atoms with E-state index in [1.807, 2.05) is 12.5 Å². The van der Waals surface area contributed by atoms with E-state index in [0.717, 1.165) is 12.1 Å². The molecule has 0 spiro atoms. The molecule has 0 bridgehead atoms. The summed E-state index contributed by atoms with van der Waals surface area (Å²) in [5.74, 6) is -2.32. The third kappa shape index (κ3) is 4.43. The molecule has 30 heavy (non-hydrogen) atoms. The fourth-order valence-electron chi connectivity index (χ4n) is 4.45. The molecule has 1 saturated carbocycles. The maximum absolute atomic E-state index is 13.8. The number of nitrogens with zero attached hydrogens (tertiary/aromatic N) is 2. The summed E-state index contributed by atoms with van der Waals surface area (Å²) < 4.78 is 36.9. The van der Waals surface area contributed by atoms with Crippen molar-refractivity contribution in [2.75, 3.05) is 0 Å². The van der Waals surface area contributed by atoms with E-state index in [1.165, 1.54) is 10.4 Å². The average Bonchev–Trinajstić information content (AvgIpc) is 3.29. The van der Waals surface area contributed by atoms with Crippen molar-refractivity contribution in [1.82, 2.24) is 9.55 Å². The second kappa shape index (κ2) is 8.33. The van der Waals surface area contributed by atoms with E-state index < -0.39 is 14.2 Å². The zero-order chi connectivity index (χ0) is 21.0. The number of thiophene rings is 1. The van der Waals surface area contributed by atoms with Gasteiger partial charge in [0.05, 0.1) is 30.4 Å². The van der Waals surface area contributed by atoms with Crippen LogP contribution in [0, 0.1) is 5.92 Å². The fourth-order valence-corrected chi connectivity index (χ4v) is 6.86. The molecule has 0 amide bonds. The number of rotatable bonds is 5. The molecule has 1 fully saturated rings. The third-order valence-electron chi connectivity index (χ3n) is 7.27. The van der Waals surface area contributed by atoms with E-state index in [0.29, 0.717) is 12.8 Å². The Labute approximate surface area is 190 Å². The van der Waals surface area contributed by atoms with Gasteiger partial charge in [-0.2, -0.15) is 13.5 Å². The van der Waals surface area contributed by atoms with Gasteiger partial charge in [-0.3, -0.25) is 0 Å². The maximum atomic E-state index is 13.8. The van der Waals surface area contributed by atoms with Crippen molar-refractivity contribution in [3.05, 3.63) is 28.8 Å². The van der Waals surface area contributed by atoms with Crippen LogP contribution in [0.2, 0.25) is 18.1 Å². The first-order valence-corrected chi connectivity index (χ1v) is 14.4. The highest BCUT2D eigenvalue weighted by Crippen LogP contribution is 2.48. The molecular weight excluding hydrogens is 438 g/mol. The molecule has 168 valence electrons. The van der Waals surface area contributed by atoms with Crippen LogP contribution in [0.3, 0.4) is 0 Å². The van der Waals surface area contributed by atoms with Crippen molar-refractivity contribution in [2.24, 2.45) is 5.92 Å². The number of hydrogen-bond acceptors (Lipinski definition) is 3. The molecule has 0 aromatic carbocycles. The molecule has 0 saturated heterocycles. The van der Waals surface area contributed by atoms with Gasteiger partial charge in [-0.25, -0.2) is 13.8 Å². The lowest BCUT2D eigenvalue weighted by molar-refractivity contribution is -0.0620. The first-order valence-electron chi connectivity index (χ1n) is 10.6. The van der Waals surface area contributed by atoms with Gasteiger partial charge in [0.25, 0.3) is 0 Å². The second-order valence-corrected chi connectivity index (χ2v) is 16.0. The maximum Gasteiger partial charge on any atom is 0.248 e. The van der Waals surface area contributed by atoms with E-state index in [1.54, 1.807) is 11.3 Å². The van der Waals surface area contributed by atoms with Gasteiger partial charge in [0, 0.05) is 23.3 Å². The first kappa shape index (κ1) is 23.9. The van der Waals surface area contributed by atoms with Crippen molar-refractivity contribution < 1.29 is 13.2 Å². The number of hydrogen-bond donors (Lipinski definition) is 0. The van der Waals surface area contributed by atoms with Crippen LogP contribution >= 0.6 is 24.8 Å². The molecule has 3 nitrogen and oxygen atoms in total. The number of alkyl halides is 2. The fraction of sp³-hybridized carbons (Fsp3) is 0.682. The highest BCUT2D eigenvalue weighted by atomic mass is 32.1. The van der Waals surface area contributed by atoms with Crippen LogP contribution in [0.5, 0.6) is 0 Å². The van der Waals surface area contributed by atoms with E-state index in [2.05, 4.69) is 54.9 Å². The Bertz CT molecular complexity index is 824. The molecule has 0 radical (unpaired) electrons. The van der Waals surface area contributed by atoms with Crippen molar-refractivity contribution in [1.29, 1.82) is 0 Å². The van der Waals surface area contributed by atoms with Crippen molar-refractivity contribution >= 4 is 33.1 Å². The van der Waals surface area contributed by atoms with Gasteiger partial charge >= 0.3 is 0 Å². The van der Waals surface area contributed by atoms with Gasteiger partial charge in [0.2, 0.25) is 5.92 Å². The van der Waals surface area contributed by atoms with E-state index in [4.69, 9.17) is 4.43 Å². The van der Waals surface area contributed by atoms with Crippen LogP contribution in [-0.2, 0) is 4.43 Å². The molecule has 1 aliphatic carbocycles. The van der Waals surface area contributed by atoms with Crippen molar-refractivity contribution in [3.63, 3.8) is 0 Å². The monoisotopic (exact) mass is 472 g/mol. The molecule has 1 unspecified atom stereocenters. The normalized spacial score (nSPS) is 22.3. The Morgan fingerprint density at radius 1 is 1.30 bits per heavy atom. The van der Waals surface area contributed by atoms with E-state index in [-0.39, 0.29) is 49.4 Å². The first-order chi connectivity index (χ1) is 13.5. The molecule has 3 heterocycles. The Hall–Kier alpha value is -0.703. The number of fused-ring (bicyclic) bond motifs is 3. The van der Waals surface area contributed by atoms with Crippen LogP contribution in [0.4, 0.5) is 8.78 Å². The molecular formula is C22H34F2N2OS2Si. The summed E-state index contributed by atoms with van der Waals surface area (Å²) in [5.41, 5.74) is 2.42. The summed E-state index contributed by atoms with van der Waals surface area (Å²) in [6.07, 6.45) is 5.74. The number of imidazole rings is 1. The van der Waals surface area contributed by atoms with Gasteiger partial charge in [-0.1, -0.05) is 20.8 Å². The quantitative estimate of drug-likeness (QED) is 0.429. The largest absolute Gasteiger partial charge is 0.414 e. The summed E-state index contributed by atoms with van der Waals surface area (Å²) in [7, 11) is -2.02. The molecule has 8 heteroatoms. The van der Waals surface area contributed by atoms with Crippen LogP contribution in [-0.4, -0.2) is 29.9 Å². The molecule has 0 N–H and O–H groups in total. The Morgan fingerprint density at radius 2 is 1.97 bits per heavy atom. The van der Waals surface area contributed by atoms with E-state index in [9.17, 15) is 8.78 Å². The minimum atomic E-state index is -2.51. The standard InChI is InChI=1S/C22H32F2N2OSSi.H2S/c1-21(2,3)29(4,5)27-19(15-6-9-22(23,24)10-7-15)12-17-20-16(8-11-28-20)18-13-25-14-26(17)18;/h8,11,13-15,17,19H,6-7,9-10,12H2,1-5H3;1H2/t17?,19-;/m0./s1. The van der Waals surface area contributed by atoms with Gasteiger partial charge in [-0.15, -0.1) is 11.3 Å². The third-order valence-corrected chi connectivity index (χ3v) is 12.8. The van der Waals surface area contributed by atoms with Crippen LogP contribution in [0.15, 0.2) is 24.0 Å². The topological polar surface area (TPSA) is 27.1 Å². The molecule has 2 aliphatic rings. The Kier molecular flexibility index (Phi) is 6.65. The summed E-state index contributed by atoms with van der Waals surface area (Å²) >= 11 is 1.78. The highest BCUT2D eigenvalue weighted by molar-refractivity contribution is 7.59. The number of aromatic nitrogens is 2. The summed E-state index contributed by atoms with van der Waals surface area (Å²) in [6.45, 7) is 11.3. The summed E-state index contributed by atoms with van der Waals surface area (Å²) in [4.78, 5) is 5.72. The lowest BCUT2D eigenvalue weighted by Crippen LogP contribution is -2.47. The smallest absolute Gasteiger partial charge is 0.248 e. The molecule has 1 aliphatic heterocycles. The van der Waals surface area contributed by atoms with E-state index >= 15 is 0 Å². The zero-order valence-electron chi connectivity index (χ0n) is 18.5. The number of halogens is 2. The zero-order valence-corrected chi connectivity index (χ0v) is 21.4. The molecule has 2 aromatic heterocycles.